The molecule has 240 valence electrons. The van der Waals surface area contributed by atoms with Crippen LogP contribution in [0.4, 0.5) is 0 Å². The summed E-state index contributed by atoms with van der Waals surface area (Å²) in [4.78, 5) is 12.2. The van der Waals surface area contributed by atoms with Crippen molar-refractivity contribution in [2.75, 3.05) is 45.8 Å². The number of hydrogen-bond donors (Lipinski definition) is 7. The summed E-state index contributed by atoms with van der Waals surface area (Å²) in [5.74, 6) is -0.0565. The van der Waals surface area contributed by atoms with E-state index in [0.717, 1.165) is 90.6 Å². The Labute approximate surface area is 248 Å². The van der Waals surface area contributed by atoms with Crippen LogP contribution in [-0.2, 0) is 4.79 Å². The number of aliphatic hydroxyl groups excluding tert-OH is 1. The van der Waals surface area contributed by atoms with Crippen molar-refractivity contribution in [3.8, 4) is 0 Å². The first-order chi connectivity index (χ1) is 19.6. The fourth-order valence-electron chi connectivity index (χ4n) is 4.88. The Morgan fingerprint density at radius 3 is 1.65 bits per heavy atom. The minimum absolute atomic E-state index is 0.0565. The molecule has 0 spiro atoms. The van der Waals surface area contributed by atoms with Crippen molar-refractivity contribution in [3.05, 3.63) is 0 Å². The molecule has 40 heavy (non-hydrogen) atoms. The van der Waals surface area contributed by atoms with E-state index in [-0.39, 0.29) is 5.91 Å². The summed E-state index contributed by atoms with van der Waals surface area (Å²) in [6.45, 7) is 8.42. The van der Waals surface area contributed by atoms with Gasteiger partial charge in [0.2, 0.25) is 5.91 Å². The number of rotatable bonds is 33. The highest BCUT2D eigenvalue weighted by atomic mass is 16.3. The predicted molar refractivity (Wildman–Crippen MR) is 172 cm³/mol. The van der Waals surface area contributed by atoms with E-state index < -0.39 is 12.3 Å². The van der Waals surface area contributed by atoms with Crippen LogP contribution in [0, 0.1) is 0 Å². The summed E-state index contributed by atoms with van der Waals surface area (Å²) in [5.41, 5.74) is 11.5. The molecule has 8 nitrogen and oxygen atoms in total. The van der Waals surface area contributed by atoms with Crippen molar-refractivity contribution in [1.82, 2.24) is 21.3 Å². The highest BCUT2D eigenvalue weighted by Gasteiger charge is 2.12. The van der Waals surface area contributed by atoms with Crippen molar-refractivity contribution < 1.29 is 9.90 Å². The molecule has 0 heterocycles. The van der Waals surface area contributed by atoms with Gasteiger partial charge in [0.25, 0.3) is 0 Å². The second kappa shape index (κ2) is 32.7. The monoisotopic (exact) mass is 571 g/mol. The zero-order valence-electron chi connectivity index (χ0n) is 26.5. The van der Waals surface area contributed by atoms with Crippen molar-refractivity contribution in [2.24, 2.45) is 11.5 Å². The third-order valence-electron chi connectivity index (χ3n) is 7.58. The summed E-state index contributed by atoms with van der Waals surface area (Å²) in [7, 11) is 0. The van der Waals surface area contributed by atoms with Gasteiger partial charge in [-0.3, -0.25) is 10.1 Å². The summed E-state index contributed by atoms with van der Waals surface area (Å²) in [5, 5.41) is 23.1. The molecule has 0 aromatic rings. The molecule has 8 heteroatoms. The third kappa shape index (κ3) is 30.2. The van der Waals surface area contributed by atoms with Gasteiger partial charge in [0.05, 0.1) is 6.04 Å². The van der Waals surface area contributed by atoms with Gasteiger partial charge in [0.1, 0.15) is 6.23 Å². The fraction of sp³-hybridized carbons (Fsp3) is 0.969. The quantitative estimate of drug-likeness (QED) is 0.0449. The van der Waals surface area contributed by atoms with E-state index in [1.54, 1.807) is 0 Å². The summed E-state index contributed by atoms with van der Waals surface area (Å²) >= 11 is 0. The molecule has 2 atom stereocenters. The van der Waals surface area contributed by atoms with Crippen molar-refractivity contribution in [2.45, 2.75) is 154 Å². The fourth-order valence-corrected chi connectivity index (χ4v) is 4.88. The van der Waals surface area contributed by atoms with Crippen LogP contribution in [0.25, 0.3) is 0 Å². The van der Waals surface area contributed by atoms with Crippen LogP contribution in [-0.4, -0.2) is 69.1 Å². The lowest BCUT2D eigenvalue weighted by atomic mass is 10.0. The summed E-state index contributed by atoms with van der Waals surface area (Å²) < 4.78 is 0. The first-order valence-electron chi connectivity index (χ1n) is 17.2. The smallest absolute Gasteiger partial charge is 0.236 e. The van der Waals surface area contributed by atoms with Gasteiger partial charge in [0, 0.05) is 6.54 Å². The molecule has 0 aromatic carbocycles. The molecular formula is C32H70N6O2. The molecule has 0 fully saturated rings. The Bertz CT molecular complexity index is 512. The summed E-state index contributed by atoms with van der Waals surface area (Å²) in [6, 6.07) is -0.449. The van der Waals surface area contributed by atoms with E-state index in [1.807, 2.05) is 0 Å². The van der Waals surface area contributed by atoms with Crippen molar-refractivity contribution in [3.63, 3.8) is 0 Å². The average molecular weight is 571 g/mol. The standard InChI is InChI=1S/C32H70N6O2/c1-2-3-4-5-6-7-8-9-10-11-12-13-14-22-31(39)37-28-16-15-21-30(34)32(40)38-29-20-27-36-25-18-17-24-35-26-19-23-33/h30-31,35-37,39H,2-29,33-34H2,1H3,(H,38,40)/t30-,31?/m1/s1. The van der Waals surface area contributed by atoms with Crippen molar-refractivity contribution >= 4 is 5.91 Å². The number of nitrogens with one attached hydrogen (secondary N) is 4. The van der Waals surface area contributed by atoms with Gasteiger partial charge in [-0.05, 0) is 90.6 Å². The number of aliphatic hydroxyl groups is 1. The molecular weight excluding hydrogens is 500 g/mol. The SMILES string of the molecule is CCCCCCCCCCCCCCCC(O)NCCCC[C@@H](N)C(=O)NCCCNCCCCNCCCN. The minimum Gasteiger partial charge on any atom is -0.379 e. The first kappa shape index (κ1) is 39.2. The third-order valence-corrected chi connectivity index (χ3v) is 7.58. The van der Waals surface area contributed by atoms with Gasteiger partial charge in [-0.25, -0.2) is 0 Å². The second-order valence-corrected chi connectivity index (χ2v) is 11.6. The van der Waals surface area contributed by atoms with Crippen LogP contribution in [0.2, 0.25) is 0 Å². The molecule has 0 bridgehead atoms. The molecule has 0 saturated heterocycles. The van der Waals surface area contributed by atoms with E-state index in [1.165, 1.54) is 77.0 Å². The van der Waals surface area contributed by atoms with Gasteiger partial charge < -0.3 is 32.5 Å². The number of nitrogens with two attached hydrogens (primary N) is 2. The highest BCUT2D eigenvalue weighted by molar-refractivity contribution is 5.81. The van der Waals surface area contributed by atoms with E-state index in [0.29, 0.717) is 13.0 Å². The Kier molecular flexibility index (Phi) is 32.1. The van der Waals surface area contributed by atoms with Gasteiger partial charge in [-0.15, -0.1) is 0 Å². The van der Waals surface area contributed by atoms with Crippen molar-refractivity contribution in [1.29, 1.82) is 0 Å². The number of unbranched alkanes of at least 4 members (excludes halogenated alkanes) is 14. The number of carbonyl (C=O) groups excluding carboxylic acids is 1. The number of hydrogen-bond acceptors (Lipinski definition) is 7. The molecule has 0 saturated carbocycles. The first-order valence-corrected chi connectivity index (χ1v) is 17.2. The maximum atomic E-state index is 12.2. The topological polar surface area (TPSA) is 137 Å². The Morgan fingerprint density at radius 1 is 0.600 bits per heavy atom. The Hall–Kier alpha value is -0.770. The number of amides is 1. The van der Waals surface area contributed by atoms with E-state index in [4.69, 9.17) is 11.5 Å². The molecule has 0 aromatic heterocycles. The normalized spacial score (nSPS) is 13.0. The van der Waals surface area contributed by atoms with Crippen LogP contribution in [0.5, 0.6) is 0 Å². The predicted octanol–water partition coefficient (Wildman–Crippen LogP) is 4.69. The lowest BCUT2D eigenvalue weighted by Gasteiger charge is -2.14. The van der Waals surface area contributed by atoms with Crippen LogP contribution in [0.15, 0.2) is 0 Å². The molecule has 0 radical (unpaired) electrons. The Balaban J connectivity index is 3.38. The number of carbonyl (C=O) groups is 1. The molecule has 9 N–H and O–H groups in total. The van der Waals surface area contributed by atoms with E-state index in [2.05, 4.69) is 28.2 Å². The molecule has 1 amide bonds. The van der Waals surface area contributed by atoms with Crippen LogP contribution in [0.1, 0.15) is 142 Å². The minimum atomic E-state index is -0.449. The second-order valence-electron chi connectivity index (χ2n) is 11.6. The maximum Gasteiger partial charge on any atom is 0.236 e. The average Bonchev–Trinajstić information content (AvgIpc) is 2.95. The maximum absolute atomic E-state index is 12.2. The zero-order chi connectivity index (χ0) is 29.4. The van der Waals surface area contributed by atoms with Gasteiger partial charge >= 0.3 is 0 Å². The van der Waals surface area contributed by atoms with E-state index in [9.17, 15) is 9.90 Å². The van der Waals surface area contributed by atoms with Gasteiger partial charge in [0.15, 0.2) is 0 Å². The molecule has 1 unspecified atom stereocenters. The van der Waals surface area contributed by atoms with E-state index >= 15 is 0 Å². The highest BCUT2D eigenvalue weighted by Crippen LogP contribution is 2.13. The molecule has 0 rings (SSSR count). The van der Waals surface area contributed by atoms with Crippen LogP contribution in [0.3, 0.4) is 0 Å². The van der Waals surface area contributed by atoms with Crippen LogP contribution >= 0.6 is 0 Å². The molecule has 0 aliphatic carbocycles. The van der Waals surface area contributed by atoms with Crippen LogP contribution < -0.4 is 32.7 Å². The molecule has 0 aliphatic rings. The molecule has 0 aliphatic heterocycles. The summed E-state index contributed by atoms with van der Waals surface area (Å²) in [6.07, 6.45) is 24.6. The van der Waals surface area contributed by atoms with Gasteiger partial charge in [-0.1, -0.05) is 90.4 Å². The van der Waals surface area contributed by atoms with Gasteiger partial charge in [-0.2, -0.15) is 0 Å². The lowest BCUT2D eigenvalue weighted by molar-refractivity contribution is -0.122. The largest absolute Gasteiger partial charge is 0.379 e. The lowest BCUT2D eigenvalue weighted by Crippen LogP contribution is -2.41. The zero-order valence-corrected chi connectivity index (χ0v) is 26.5. The Morgan fingerprint density at radius 2 is 1.07 bits per heavy atom.